The summed E-state index contributed by atoms with van der Waals surface area (Å²) >= 11 is 0. The Hall–Kier alpha value is -0.890. The number of rotatable bonds is 2. The number of likely N-dealkylation sites (tertiary alicyclic amines) is 1. The van der Waals surface area contributed by atoms with E-state index in [1.54, 1.807) is 0 Å². The molecule has 0 amide bonds. The Kier molecular flexibility index (Phi) is 3.37. The zero-order valence-electron chi connectivity index (χ0n) is 9.20. The second-order valence-electron chi connectivity index (χ2n) is 4.62. The molecule has 0 spiro atoms. The maximum absolute atomic E-state index is 13.3. The van der Waals surface area contributed by atoms with Crippen molar-refractivity contribution >= 4 is 0 Å². The van der Waals surface area contributed by atoms with Gasteiger partial charge in [-0.1, -0.05) is 37.3 Å². The number of halogens is 1. The molecular formula is C13H18FN. The molecule has 0 N–H and O–H groups in total. The number of nitrogens with zero attached hydrogens (tertiary/aromatic N) is 1. The van der Waals surface area contributed by atoms with Gasteiger partial charge in [-0.3, -0.25) is 4.90 Å². The van der Waals surface area contributed by atoms with Crippen LogP contribution in [0.5, 0.6) is 0 Å². The quantitative estimate of drug-likeness (QED) is 0.720. The van der Waals surface area contributed by atoms with Crippen molar-refractivity contribution in [3.8, 4) is 0 Å². The first kappa shape index (κ1) is 10.6. The normalized spacial score (nSPS) is 27.9. The minimum atomic E-state index is -0.641. The lowest BCUT2D eigenvalue weighted by molar-refractivity contribution is 0.0976. The summed E-state index contributed by atoms with van der Waals surface area (Å²) in [5.41, 5.74) is 1.28. The lowest BCUT2D eigenvalue weighted by Crippen LogP contribution is -2.40. The molecule has 1 aromatic carbocycles. The SMILES string of the molecule is C[C@@H]1C[C@H](F)CN(Cc2ccccc2)C1. The summed E-state index contributed by atoms with van der Waals surface area (Å²) in [4.78, 5) is 2.22. The van der Waals surface area contributed by atoms with Gasteiger partial charge in [-0.25, -0.2) is 4.39 Å². The molecule has 0 aliphatic carbocycles. The molecule has 0 saturated carbocycles. The van der Waals surface area contributed by atoms with Gasteiger partial charge in [-0.15, -0.1) is 0 Å². The van der Waals surface area contributed by atoms with E-state index in [9.17, 15) is 4.39 Å². The van der Waals surface area contributed by atoms with Crippen molar-refractivity contribution in [3.63, 3.8) is 0 Å². The van der Waals surface area contributed by atoms with E-state index in [2.05, 4.69) is 24.0 Å². The third-order valence-corrected chi connectivity index (χ3v) is 2.93. The summed E-state index contributed by atoms with van der Waals surface area (Å²) < 4.78 is 13.3. The van der Waals surface area contributed by atoms with Crippen LogP contribution in [0.3, 0.4) is 0 Å². The molecule has 0 aromatic heterocycles. The average Bonchev–Trinajstić information content (AvgIpc) is 2.17. The molecule has 1 nitrogen and oxygen atoms in total. The van der Waals surface area contributed by atoms with Gasteiger partial charge < -0.3 is 0 Å². The van der Waals surface area contributed by atoms with Gasteiger partial charge in [0.25, 0.3) is 0 Å². The Morgan fingerprint density at radius 2 is 2.00 bits per heavy atom. The Morgan fingerprint density at radius 3 is 2.67 bits per heavy atom. The Bertz CT molecular complexity index is 289. The highest BCUT2D eigenvalue weighted by molar-refractivity contribution is 5.14. The van der Waals surface area contributed by atoms with E-state index >= 15 is 0 Å². The Morgan fingerprint density at radius 1 is 1.27 bits per heavy atom. The Balaban J connectivity index is 1.94. The molecule has 1 saturated heterocycles. The minimum absolute atomic E-state index is 0.484. The molecule has 2 heteroatoms. The molecule has 1 fully saturated rings. The largest absolute Gasteiger partial charge is 0.296 e. The molecule has 1 heterocycles. The van der Waals surface area contributed by atoms with Gasteiger partial charge in [0.15, 0.2) is 0 Å². The second-order valence-corrected chi connectivity index (χ2v) is 4.62. The average molecular weight is 207 g/mol. The van der Waals surface area contributed by atoms with Crippen LogP contribution in [0.25, 0.3) is 0 Å². The molecule has 15 heavy (non-hydrogen) atoms. The first-order valence-corrected chi connectivity index (χ1v) is 5.64. The van der Waals surface area contributed by atoms with Crippen LogP contribution >= 0.6 is 0 Å². The van der Waals surface area contributed by atoms with Crippen molar-refractivity contribution in [2.24, 2.45) is 5.92 Å². The van der Waals surface area contributed by atoms with E-state index in [1.807, 2.05) is 18.2 Å². The topological polar surface area (TPSA) is 3.24 Å². The van der Waals surface area contributed by atoms with E-state index in [0.717, 1.165) is 19.5 Å². The Labute approximate surface area is 90.9 Å². The van der Waals surface area contributed by atoms with Crippen molar-refractivity contribution in [2.45, 2.75) is 26.1 Å². The van der Waals surface area contributed by atoms with Crippen LogP contribution in [0.15, 0.2) is 30.3 Å². The van der Waals surface area contributed by atoms with Crippen LogP contribution in [-0.4, -0.2) is 24.2 Å². The van der Waals surface area contributed by atoms with Gasteiger partial charge in [0, 0.05) is 19.6 Å². The summed E-state index contributed by atoms with van der Waals surface area (Å²) in [6, 6.07) is 10.3. The smallest absolute Gasteiger partial charge is 0.113 e. The third-order valence-electron chi connectivity index (χ3n) is 2.93. The summed E-state index contributed by atoms with van der Waals surface area (Å²) in [6.07, 6.45) is 0.0862. The number of hydrogen-bond acceptors (Lipinski definition) is 1. The molecule has 0 unspecified atom stereocenters. The maximum atomic E-state index is 13.3. The maximum Gasteiger partial charge on any atom is 0.113 e. The zero-order valence-corrected chi connectivity index (χ0v) is 9.20. The molecule has 1 aromatic rings. The fourth-order valence-electron chi connectivity index (χ4n) is 2.35. The number of alkyl halides is 1. The van der Waals surface area contributed by atoms with Crippen molar-refractivity contribution in [1.82, 2.24) is 4.90 Å². The summed E-state index contributed by atoms with van der Waals surface area (Å²) in [6.45, 7) is 4.63. The number of hydrogen-bond donors (Lipinski definition) is 0. The monoisotopic (exact) mass is 207 g/mol. The molecule has 0 bridgehead atoms. The predicted molar refractivity (Wildman–Crippen MR) is 60.4 cm³/mol. The van der Waals surface area contributed by atoms with E-state index in [4.69, 9.17) is 0 Å². The van der Waals surface area contributed by atoms with Gasteiger partial charge in [0.2, 0.25) is 0 Å². The lowest BCUT2D eigenvalue weighted by atomic mass is 9.98. The molecule has 82 valence electrons. The lowest BCUT2D eigenvalue weighted by Gasteiger charge is -2.33. The van der Waals surface area contributed by atoms with Gasteiger partial charge in [-0.2, -0.15) is 0 Å². The van der Waals surface area contributed by atoms with Crippen molar-refractivity contribution in [1.29, 1.82) is 0 Å². The summed E-state index contributed by atoms with van der Waals surface area (Å²) in [5, 5.41) is 0. The van der Waals surface area contributed by atoms with Crippen molar-refractivity contribution in [3.05, 3.63) is 35.9 Å². The van der Waals surface area contributed by atoms with E-state index in [0.29, 0.717) is 12.5 Å². The van der Waals surface area contributed by atoms with Crippen LogP contribution < -0.4 is 0 Å². The van der Waals surface area contributed by atoms with Crippen LogP contribution in [-0.2, 0) is 6.54 Å². The molecule has 0 radical (unpaired) electrons. The van der Waals surface area contributed by atoms with Crippen LogP contribution in [0, 0.1) is 5.92 Å². The molecule has 1 aliphatic heterocycles. The number of piperidine rings is 1. The second kappa shape index (κ2) is 4.75. The highest BCUT2D eigenvalue weighted by Crippen LogP contribution is 2.20. The zero-order chi connectivity index (χ0) is 10.7. The van der Waals surface area contributed by atoms with Crippen LogP contribution in [0.2, 0.25) is 0 Å². The van der Waals surface area contributed by atoms with Crippen LogP contribution in [0.1, 0.15) is 18.9 Å². The van der Waals surface area contributed by atoms with E-state index in [-0.39, 0.29) is 0 Å². The first-order valence-electron chi connectivity index (χ1n) is 5.64. The highest BCUT2D eigenvalue weighted by Gasteiger charge is 2.23. The minimum Gasteiger partial charge on any atom is -0.296 e. The fraction of sp³-hybridized carbons (Fsp3) is 0.538. The van der Waals surface area contributed by atoms with Gasteiger partial charge in [0.1, 0.15) is 6.17 Å². The summed E-state index contributed by atoms with van der Waals surface area (Å²) in [7, 11) is 0. The third kappa shape index (κ3) is 3.03. The summed E-state index contributed by atoms with van der Waals surface area (Å²) in [5.74, 6) is 0.484. The molecule has 1 aliphatic rings. The van der Waals surface area contributed by atoms with Gasteiger partial charge in [-0.05, 0) is 17.9 Å². The highest BCUT2D eigenvalue weighted by atomic mass is 19.1. The van der Waals surface area contributed by atoms with Gasteiger partial charge in [0.05, 0.1) is 0 Å². The number of benzene rings is 1. The molecular weight excluding hydrogens is 189 g/mol. The van der Waals surface area contributed by atoms with E-state index < -0.39 is 6.17 Å². The van der Waals surface area contributed by atoms with Crippen molar-refractivity contribution in [2.75, 3.05) is 13.1 Å². The van der Waals surface area contributed by atoms with Crippen LogP contribution in [0.4, 0.5) is 4.39 Å². The van der Waals surface area contributed by atoms with E-state index in [1.165, 1.54) is 5.56 Å². The van der Waals surface area contributed by atoms with Gasteiger partial charge >= 0.3 is 0 Å². The molecule has 2 atom stereocenters. The first-order chi connectivity index (χ1) is 7.24. The van der Waals surface area contributed by atoms with Crippen molar-refractivity contribution < 1.29 is 4.39 Å². The predicted octanol–water partition coefficient (Wildman–Crippen LogP) is 2.87. The fourth-order valence-corrected chi connectivity index (χ4v) is 2.35. The standard InChI is InChI=1S/C13H18FN/c1-11-7-13(14)10-15(8-11)9-12-5-3-2-4-6-12/h2-6,11,13H,7-10H2,1H3/t11-,13+/m1/s1. The molecule has 2 rings (SSSR count).